The number of sulfonamides is 1. The molecule has 2 aromatic carbocycles. The van der Waals surface area contributed by atoms with Gasteiger partial charge in [-0.25, -0.2) is 8.42 Å². The molecule has 1 fully saturated rings. The van der Waals surface area contributed by atoms with E-state index in [2.05, 4.69) is 11.8 Å². The van der Waals surface area contributed by atoms with Crippen LogP contribution in [0, 0.1) is 0 Å². The van der Waals surface area contributed by atoms with Crippen LogP contribution in [0.2, 0.25) is 5.02 Å². The lowest BCUT2D eigenvalue weighted by atomic mass is 10.1. The lowest BCUT2D eigenvalue weighted by molar-refractivity contribution is 0.169. The zero-order chi connectivity index (χ0) is 26.3. The molecule has 0 N–H and O–H groups in total. The van der Waals surface area contributed by atoms with Crippen molar-refractivity contribution in [2.24, 2.45) is 0 Å². The predicted octanol–water partition coefficient (Wildman–Crippen LogP) is 5.11. The summed E-state index contributed by atoms with van der Waals surface area (Å²) in [5.74, 6) is 0.626. The highest BCUT2D eigenvalue weighted by molar-refractivity contribution is 7.89. The number of ether oxygens (including phenoxy) is 1. The van der Waals surface area contributed by atoms with Crippen molar-refractivity contribution in [1.29, 1.82) is 0 Å². The highest BCUT2D eigenvalue weighted by Gasteiger charge is 2.28. The van der Waals surface area contributed by atoms with Crippen LogP contribution in [0.5, 0.6) is 5.75 Å². The summed E-state index contributed by atoms with van der Waals surface area (Å²) >= 11 is 6.14. The average Bonchev–Trinajstić information content (AvgIpc) is 2.90. The Morgan fingerprint density at radius 1 is 1.00 bits per heavy atom. The Morgan fingerprint density at radius 2 is 1.73 bits per heavy atom. The summed E-state index contributed by atoms with van der Waals surface area (Å²) in [5, 5.41) is 0.573. The molecule has 0 atom stereocenters. The molecule has 7 nitrogen and oxygen atoms in total. The van der Waals surface area contributed by atoms with E-state index in [9.17, 15) is 13.2 Å². The first-order valence-corrected chi connectivity index (χ1v) is 14.5. The second kappa shape index (κ2) is 12.7. The Labute approximate surface area is 223 Å². The number of halogens is 1. The minimum absolute atomic E-state index is 0.121. The molecule has 3 aromatic rings. The Bertz CT molecular complexity index is 1330. The summed E-state index contributed by atoms with van der Waals surface area (Å²) in [7, 11) is -3.54. The van der Waals surface area contributed by atoms with Crippen LogP contribution in [0.15, 0.2) is 75.0 Å². The highest BCUT2D eigenvalue weighted by atomic mass is 35.5. The van der Waals surface area contributed by atoms with Gasteiger partial charge in [0.2, 0.25) is 21.2 Å². The van der Waals surface area contributed by atoms with E-state index in [1.807, 2.05) is 30.3 Å². The maximum absolute atomic E-state index is 13.1. The molecule has 0 unspecified atom stereocenters. The largest absolute Gasteiger partial charge is 0.482 e. The lowest BCUT2D eigenvalue weighted by Crippen LogP contribution is -2.48. The molecule has 1 saturated heterocycles. The summed E-state index contributed by atoms with van der Waals surface area (Å²) in [6, 6.07) is 16.0. The summed E-state index contributed by atoms with van der Waals surface area (Å²) in [6.45, 7) is 4.60. The van der Waals surface area contributed by atoms with Gasteiger partial charge in [-0.05, 0) is 36.6 Å². The van der Waals surface area contributed by atoms with Gasteiger partial charge in [-0.1, -0.05) is 61.7 Å². The molecule has 0 amide bonds. The molecular formula is C28H33ClN2O5S. The topological polar surface area (TPSA) is 80.1 Å². The van der Waals surface area contributed by atoms with E-state index >= 15 is 0 Å². The van der Waals surface area contributed by atoms with Crippen LogP contribution in [0.4, 0.5) is 0 Å². The van der Waals surface area contributed by atoms with Gasteiger partial charge in [0.25, 0.3) is 0 Å². The fourth-order valence-electron chi connectivity index (χ4n) is 4.30. The van der Waals surface area contributed by atoms with E-state index in [0.29, 0.717) is 48.4 Å². The van der Waals surface area contributed by atoms with Gasteiger partial charge in [-0.2, -0.15) is 4.31 Å². The number of unbranched alkanes of at least 4 members (excludes halogenated alkanes) is 2. The molecule has 1 aliphatic heterocycles. The number of hydrogen-bond acceptors (Lipinski definition) is 6. The van der Waals surface area contributed by atoms with Gasteiger partial charge in [0.1, 0.15) is 18.6 Å². The Hall–Kier alpha value is -2.65. The smallest absolute Gasteiger partial charge is 0.243 e. The van der Waals surface area contributed by atoms with Crippen molar-refractivity contribution >= 4 is 21.6 Å². The summed E-state index contributed by atoms with van der Waals surface area (Å²) in [5.41, 5.74) is 1.68. The normalized spacial score (nSPS) is 15.1. The van der Waals surface area contributed by atoms with Gasteiger partial charge in [0.15, 0.2) is 0 Å². The fraction of sp³-hybridized carbons (Fsp3) is 0.393. The van der Waals surface area contributed by atoms with E-state index in [0.717, 1.165) is 24.8 Å². The molecule has 2 heterocycles. The van der Waals surface area contributed by atoms with Gasteiger partial charge >= 0.3 is 0 Å². The van der Waals surface area contributed by atoms with E-state index in [4.69, 9.17) is 20.8 Å². The van der Waals surface area contributed by atoms with Gasteiger partial charge in [0.05, 0.1) is 11.4 Å². The SMILES string of the molecule is CCCCCc1ccc(S(=O)(=O)N2CCN(Cc3cc(=O)c(OCc4ccccc4Cl)co3)CC2)cc1. The molecule has 0 bridgehead atoms. The maximum atomic E-state index is 13.1. The van der Waals surface area contributed by atoms with E-state index in [1.54, 1.807) is 18.2 Å². The third-order valence-electron chi connectivity index (χ3n) is 6.53. The number of aryl methyl sites for hydroxylation is 1. The van der Waals surface area contributed by atoms with Crippen LogP contribution in [0.1, 0.15) is 43.1 Å². The Balaban J connectivity index is 1.29. The third kappa shape index (κ3) is 7.23. The molecule has 198 valence electrons. The molecule has 9 heteroatoms. The van der Waals surface area contributed by atoms with Crippen molar-refractivity contribution in [1.82, 2.24) is 9.21 Å². The second-order valence-electron chi connectivity index (χ2n) is 9.24. The molecule has 1 aromatic heterocycles. The number of hydrogen-bond donors (Lipinski definition) is 0. The van der Waals surface area contributed by atoms with Crippen LogP contribution in [0.3, 0.4) is 0 Å². The van der Waals surface area contributed by atoms with Crippen molar-refractivity contribution in [3.8, 4) is 5.75 Å². The monoisotopic (exact) mass is 544 g/mol. The highest BCUT2D eigenvalue weighted by Crippen LogP contribution is 2.21. The first-order chi connectivity index (χ1) is 17.9. The van der Waals surface area contributed by atoms with Crippen molar-refractivity contribution in [2.75, 3.05) is 26.2 Å². The minimum Gasteiger partial charge on any atom is -0.482 e. The number of piperazine rings is 1. The molecule has 0 aliphatic carbocycles. The maximum Gasteiger partial charge on any atom is 0.243 e. The van der Waals surface area contributed by atoms with Gasteiger partial charge < -0.3 is 9.15 Å². The number of rotatable bonds is 11. The number of benzene rings is 2. The zero-order valence-electron chi connectivity index (χ0n) is 21.1. The van der Waals surface area contributed by atoms with Gasteiger partial charge in [-0.15, -0.1) is 0 Å². The Morgan fingerprint density at radius 3 is 2.41 bits per heavy atom. The molecular weight excluding hydrogens is 512 g/mol. The van der Waals surface area contributed by atoms with Crippen LogP contribution in [0.25, 0.3) is 0 Å². The van der Waals surface area contributed by atoms with Gasteiger partial charge in [0, 0.05) is 42.8 Å². The lowest BCUT2D eigenvalue weighted by Gasteiger charge is -2.33. The van der Waals surface area contributed by atoms with Gasteiger partial charge in [-0.3, -0.25) is 9.69 Å². The van der Waals surface area contributed by atoms with Crippen LogP contribution >= 0.6 is 11.6 Å². The Kier molecular flexibility index (Phi) is 9.43. The second-order valence-corrected chi connectivity index (χ2v) is 11.6. The van der Waals surface area contributed by atoms with Crippen LogP contribution in [-0.2, 0) is 29.6 Å². The van der Waals surface area contributed by atoms with Crippen molar-refractivity contribution in [3.05, 3.63) is 93.0 Å². The van der Waals surface area contributed by atoms with Crippen LogP contribution < -0.4 is 10.2 Å². The quantitative estimate of drug-likeness (QED) is 0.312. The molecule has 1 aliphatic rings. The standard InChI is InChI=1S/C28H33ClN2O5S/c1-2-3-4-7-22-10-12-25(13-11-22)37(33,34)31-16-14-30(15-17-31)19-24-18-27(32)28(21-35-24)36-20-23-8-5-6-9-26(23)29/h5-6,8-13,18,21H,2-4,7,14-17,19-20H2,1H3. The van der Waals surface area contributed by atoms with Crippen LogP contribution in [-0.4, -0.2) is 43.8 Å². The molecule has 0 spiro atoms. The third-order valence-corrected chi connectivity index (χ3v) is 8.82. The van der Waals surface area contributed by atoms with Crippen molar-refractivity contribution < 1.29 is 17.6 Å². The fourth-order valence-corrected chi connectivity index (χ4v) is 5.91. The minimum atomic E-state index is -3.54. The average molecular weight is 545 g/mol. The first-order valence-electron chi connectivity index (χ1n) is 12.7. The molecule has 37 heavy (non-hydrogen) atoms. The zero-order valence-corrected chi connectivity index (χ0v) is 22.6. The predicted molar refractivity (Wildman–Crippen MR) is 144 cm³/mol. The summed E-state index contributed by atoms with van der Waals surface area (Å²) in [6.07, 6.45) is 5.74. The van der Waals surface area contributed by atoms with Crippen molar-refractivity contribution in [3.63, 3.8) is 0 Å². The molecule has 4 rings (SSSR count). The molecule has 0 radical (unpaired) electrons. The summed E-state index contributed by atoms with van der Waals surface area (Å²) in [4.78, 5) is 14.9. The first kappa shape index (κ1) is 27.4. The summed E-state index contributed by atoms with van der Waals surface area (Å²) < 4.78 is 39.0. The molecule has 0 saturated carbocycles. The van der Waals surface area contributed by atoms with E-state index < -0.39 is 10.0 Å². The van der Waals surface area contributed by atoms with E-state index in [-0.39, 0.29) is 17.8 Å². The number of nitrogens with zero attached hydrogens (tertiary/aromatic N) is 2. The van der Waals surface area contributed by atoms with E-state index in [1.165, 1.54) is 28.6 Å². The van der Waals surface area contributed by atoms with Crippen molar-refractivity contribution in [2.45, 2.75) is 50.7 Å².